The standard InChI is InChI=1S/C21H26N4O3/c26-19-6-5-18(20(27)24-19)25-11-14-7-12(1-3-16(14)21(25)28)9-22-10-13-8-15-2-4-17(13)23-15/h1,3,7,13,15,17-18,22-23H,2,4-6,8-11H2,(H,24,26,27). The summed E-state index contributed by atoms with van der Waals surface area (Å²) in [5.74, 6) is -0.0157. The Labute approximate surface area is 164 Å². The second-order valence-electron chi connectivity index (χ2n) is 8.57. The van der Waals surface area contributed by atoms with Crippen molar-refractivity contribution in [2.45, 2.75) is 63.3 Å². The lowest BCUT2D eigenvalue weighted by Crippen LogP contribution is -2.52. The van der Waals surface area contributed by atoms with Gasteiger partial charge in [-0.15, -0.1) is 0 Å². The molecule has 1 aromatic carbocycles. The van der Waals surface area contributed by atoms with Gasteiger partial charge < -0.3 is 15.5 Å². The number of nitrogens with one attached hydrogen (secondary N) is 3. The van der Waals surface area contributed by atoms with Crippen LogP contribution in [0, 0.1) is 5.92 Å². The van der Waals surface area contributed by atoms with Gasteiger partial charge >= 0.3 is 0 Å². The van der Waals surface area contributed by atoms with Crippen molar-refractivity contribution >= 4 is 17.7 Å². The molecular weight excluding hydrogens is 356 g/mol. The van der Waals surface area contributed by atoms with E-state index in [9.17, 15) is 14.4 Å². The lowest BCUT2D eigenvalue weighted by atomic mass is 9.89. The van der Waals surface area contributed by atoms with Gasteiger partial charge in [-0.1, -0.05) is 12.1 Å². The minimum atomic E-state index is -0.551. The van der Waals surface area contributed by atoms with E-state index in [-0.39, 0.29) is 24.1 Å². The Kier molecular flexibility index (Phi) is 4.44. The Morgan fingerprint density at radius 3 is 2.79 bits per heavy atom. The van der Waals surface area contributed by atoms with E-state index in [2.05, 4.69) is 22.0 Å². The Balaban J connectivity index is 1.20. The first-order valence-corrected chi connectivity index (χ1v) is 10.3. The molecule has 7 heteroatoms. The fraction of sp³-hybridized carbons (Fsp3) is 0.571. The first-order chi connectivity index (χ1) is 13.6. The molecule has 4 heterocycles. The molecule has 4 aliphatic rings. The molecule has 3 N–H and O–H groups in total. The molecule has 3 fully saturated rings. The van der Waals surface area contributed by atoms with E-state index in [1.54, 1.807) is 4.90 Å². The number of rotatable bonds is 5. The molecule has 3 amide bonds. The van der Waals surface area contributed by atoms with Gasteiger partial charge in [-0.2, -0.15) is 0 Å². The summed E-state index contributed by atoms with van der Waals surface area (Å²) >= 11 is 0. The summed E-state index contributed by atoms with van der Waals surface area (Å²) in [6.07, 6.45) is 4.58. The van der Waals surface area contributed by atoms with Crippen molar-refractivity contribution in [1.29, 1.82) is 0 Å². The Hall–Kier alpha value is -2.25. The monoisotopic (exact) mass is 382 g/mol. The van der Waals surface area contributed by atoms with Gasteiger partial charge in [-0.25, -0.2) is 0 Å². The van der Waals surface area contributed by atoms with Gasteiger partial charge in [0.05, 0.1) is 0 Å². The molecule has 3 saturated heterocycles. The zero-order valence-corrected chi connectivity index (χ0v) is 15.9. The van der Waals surface area contributed by atoms with Crippen LogP contribution >= 0.6 is 0 Å². The predicted molar refractivity (Wildman–Crippen MR) is 102 cm³/mol. The average molecular weight is 382 g/mol. The largest absolute Gasteiger partial charge is 0.322 e. The lowest BCUT2D eigenvalue weighted by molar-refractivity contribution is -0.136. The molecule has 148 valence electrons. The van der Waals surface area contributed by atoms with Gasteiger partial charge in [0.15, 0.2) is 0 Å². The number of carbonyl (C=O) groups excluding carboxylic acids is 3. The van der Waals surface area contributed by atoms with Gasteiger partial charge in [0.2, 0.25) is 11.8 Å². The number of piperidine rings is 1. The zero-order chi connectivity index (χ0) is 19.3. The summed E-state index contributed by atoms with van der Waals surface area (Å²) in [6, 6.07) is 6.80. The second-order valence-corrected chi connectivity index (χ2v) is 8.57. The van der Waals surface area contributed by atoms with Crippen LogP contribution in [0.2, 0.25) is 0 Å². The van der Waals surface area contributed by atoms with Crippen molar-refractivity contribution in [3.63, 3.8) is 0 Å². The van der Waals surface area contributed by atoms with Crippen LogP contribution in [0.3, 0.4) is 0 Å². The number of hydrogen-bond donors (Lipinski definition) is 3. The van der Waals surface area contributed by atoms with Crippen LogP contribution in [0.1, 0.15) is 53.6 Å². The number of amides is 3. The summed E-state index contributed by atoms with van der Waals surface area (Å²) in [4.78, 5) is 37.8. The molecule has 0 aromatic heterocycles. The normalized spacial score (nSPS) is 31.4. The molecule has 4 aliphatic heterocycles. The summed E-state index contributed by atoms with van der Waals surface area (Å²) in [6.45, 7) is 2.24. The summed E-state index contributed by atoms with van der Waals surface area (Å²) in [5.41, 5.74) is 2.80. The molecule has 0 spiro atoms. The van der Waals surface area contributed by atoms with Crippen LogP contribution in [0.15, 0.2) is 18.2 Å². The van der Waals surface area contributed by atoms with Crippen LogP contribution in [0.4, 0.5) is 0 Å². The van der Waals surface area contributed by atoms with E-state index in [1.165, 1.54) is 19.3 Å². The van der Waals surface area contributed by atoms with Crippen LogP contribution in [-0.2, 0) is 22.7 Å². The molecule has 4 atom stereocenters. The minimum absolute atomic E-state index is 0.114. The molecule has 0 saturated carbocycles. The van der Waals surface area contributed by atoms with E-state index in [4.69, 9.17) is 0 Å². The SMILES string of the molecule is O=C1CCC(N2Cc3cc(CNCC4CC5CCC4N5)ccc3C2=O)C(=O)N1. The quantitative estimate of drug-likeness (QED) is 0.652. The molecule has 2 bridgehead atoms. The topological polar surface area (TPSA) is 90.5 Å². The molecule has 1 aromatic rings. The fourth-order valence-corrected chi connectivity index (χ4v) is 5.30. The molecule has 5 rings (SSSR count). The Morgan fingerprint density at radius 2 is 2.04 bits per heavy atom. The lowest BCUT2D eigenvalue weighted by Gasteiger charge is -2.29. The Bertz CT molecular complexity index is 839. The number of hydrogen-bond acceptors (Lipinski definition) is 5. The van der Waals surface area contributed by atoms with E-state index in [1.807, 2.05) is 12.1 Å². The van der Waals surface area contributed by atoms with Crippen LogP contribution in [-0.4, -0.2) is 47.3 Å². The maximum absolute atomic E-state index is 12.7. The van der Waals surface area contributed by atoms with Crippen molar-refractivity contribution < 1.29 is 14.4 Å². The molecule has 0 radical (unpaired) electrons. The molecule has 4 unspecified atom stereocenters. The number of imide groups is 1. The molecule has 7 nitrogen and oxygen atoms in total. The Morgan fingerprint density at radius 1 is 1.14 bits per heavy atom. The highest BCUT2D eigenvalue weighted by Gasteiger charge is 2.40. The summed E-state index contributed by atoms with van der Waals surface area (Å²) < 4.78 is 0. The van der Waals surface area contributed by atoms with Gasteiger partial charge in [0.25, 0.3) is 5.91 Å². The van der Waals surface area contributed by atoms with Crippen molar-refractivity contribution in [2.24, 2.45) is 5.92 Å². The maximum atomic E-state index is 12.7. The van der Waals surface area contributed by atoms with E-state index < -0.39 is 6.04 Å². The van der Waals surface area contributed by atoms with Gasteiger partial charge in [0.1, 0.15) is 6.04 Å². The highest BCUT2D eigenvalue weighted by atomic mass is 16.2. The van der Waals surface area contributed by atoms with Gasteiger partial charge in [-0.3, -0.25) is 19.7 Å². The highest BCUT2D eigenvalue weighted by Crippen LogP contribution is 2.33. The number of carbonyl (C=O) groups is 3. The number of fused-ring (bicyclic) bond motifs is 3. The predicted octanol–water partition coefficient (Wildman–Crippen LogP) is 0.678. The smallest absolute Gasteiger partial charge is 0.255 e. The van der Waals surface area contributed by atoms with E-state index >= 15 is 0 Å². The van der Waals surface area contributed by atoms with Crippen molar-refractivity contribution in [3.8, 4) is 0 Å². The third kappa shape index (κ3) is 3.12. The minimum Gasteiger partial charge on any atom is -0.322 e. The van der Waals surface area contributed by atoms with E-state index in [0.29, 0.717) is 24.6 Å². The number of benzene rings is 1. The zero-order valence-electron chi connectivity index (χ0n) is 15.9. The molecular formula is C21H26N4O3. The summed E-state index contributed by atoms with van der Waals surface area (Å²) in [7, 11) is 0. The second kappa shape index (κ2) is 6.97. The van der Waals surface area contributed by atoms with Crippen molar-refractivity contribution in [2.75, 3.05) is 6.54 Å². The fourth-order valence-electron chi connectivity index (χ4n) is 5.30. The third-order valence-corrected chi connectivity index (χ3v) is 6.76. The van der Waals surface area contributed by atoms with Crippen molar-refractivity contribution in [3.05, 3.63) is 34.9 Å². The highest BCUT2D eigenvalue weighted by molar-refractivity contribution is 6.05. The average Bonchev–Trinajstić information content (AvgIpc) is 3.37. The third-order valence-electron chi connectivity index (χ3n) is 6.76. The summed E-state index contributed by atoms with van der Waals surface area (Å²) in [5, 5.41) is 9.59. The molecule has 0 aliphatic carbocycles. The molecule has 28 heavy (non-hydrogen) atoms. The van der Waals surface area contributed by atoms with Crippen molar-refractivity contribution in [1.82, 2.24) is 20.9 Å². The van der Waals surface area contributed by atoms with Crippen LogP contribution in [0.5, 0.6) is 0 Å². The van der Waals surface area contributed by atoms with E-state index in [0.717, 1.165) is 36.2 Å². The maximum Gasteiger partial charge on any atom is 0.255 e. The van der Waals surface area contributed by atoms with Gasteiger partial charge in [0, 0.05) is 37.2 Å². The number of nitrogens with zero attached hydrogens (tertiary/aromatic N) is 1. The first kappa shape index (κ1) is 17.8. The van der Waals surface area contributed by atoms with Crippen LogP contribution in [0.25, 0.3) is 0 Å². The first-order valence-electron chi connectivity index (χ1n) is 10.3. The van der Waals surface area contributed by atoms with Gasteiger partial charge in [-0.05, 0) is 55.3 Å². The van der Waals surface area contributed by atoms with Crippen LogP contribution < -0.4 is 16.0 Å².